The molecule has 14 heavy (non-hydrogen) atoms. The topological polar surface area (TPSA) is 20.2 Å². The second kappa shape index (κ2) is 4.06. The van der Waals surface area contributed by atoms with E-state index in [2.05, 4.69) is 34.6 Å². The van der Waals surface area contributed by atoms with Crippen molar-refractivity contribution in [1.29, 1.82) is 0 Å². The van der Waals surface area contributed by atoms with Gasteiger partial charge < -0.3 is 5.11 Å². The second-order valence-electron chi connectivity index (χ2n) is 5.83. The molecule has 0 saturated carbocycles. The van der Waals surface area contributed by atoms with E-state index in [0.29, 0.717) is 5.92 Å². The van der Waals surface area contributed by atoms with E-state index in [1.165, 1.54) is 24.0 Å². The standard InChI is InChI=1S/C13H24O/c1-9(2)10-7-6-8-11(10)12(14)13(3,4)5/h9,12,14H,6-8H2,1-5H3. The zero-order valence-corrected chi connectivity index (χ0v) is 10.2. The van der Waals surface area contributed by atoms with Gasteiger partial charge in [-0.15, -0.1) is 0 Å². The Morgan fingerprint density at radius 1 is 1.07 bits per heavy atom. The first-order chi connectivity index (χ1) is 6.34. The van der Waals surface area contributed by atoms with Crippen molar-refractivity contribution in [2.24, 2.45) is 11.3 Å². The van der Waals surface area contributed by atoms with Gasteiger partial charge in [-0.25, -0.2) is 0 Å². The normalized spacial score (nSPS) is 20.8. The first-order valence-electron chi connectivity index (χ1n) is 5.74. The SMILES string of the molecule is CC(C)C1=C(C(O)C(C)(C)C)CCC1. The molecular weight excluding hydrogens is 172 g/mol. The average molecular weight is 196 g/mol. The average Bonchev–Trinajstić information content (AvgIpc) is 2.48. The highest BCUT2D eigenvalue weighted by Gasteiger charge is 2.30. The summed E-state index contributed by atoms with van der Waals surface area (Å²) in [4.78, 5) is 0. The third kappa shape index (κ3) is 2.38. The lowest BCUT2D eigenvalue weighted by Gasteiger charge is -2.28. The van der Waals surface area contributed by atoms with Crippen LogP contribution in [0.2, 0.25) is 0 Å². The molecule has 1 N–H and O–H groups in total. The van der Waals surface area contributed by atoms with Gasteiger partial charge in [-0.05, 0) is 36.2 Å². The van der Waals surface area contributed by atoms with Crippen LogP contribution in [0.25, 0.3) is 0 Å². The molecule has 1 rings (SSSR count). The van der Waals surface area contributed by atoms with Crippen LogP contribution in [0.15, 0.2) is 11.1 Å². The zero-order chi connectivity index (χ0) is 10.9. The van der Waals surface area contributed by atoms with Crippen LogP contribution in [-0.4, -0.2) is 11.2 Å². The van der Waals surface area contributed by atoms with Crippen molar-refractivity contribution in [2.75, 3.05) is 0 Å². The Hall–Kier alpha value is -0.300. The maximum atomic E-state index is 10.2. The number of rotatable bonds is 2. The largest absolute Gasteiger partial charge is 0.388 e. The Kier molecular flexibility index (Phi) is 3.41. The fourth-order valence-electron chi connectivity index (χ4n) is 2.28. The van der Waals surface area contributed by atoms with Crippen LogP contribution in [0.1, 0.15) is 53.9 Å². The first kappa shape index (κ1) is 11.8. The lowest BCUT2D eigenvalue weighted by Crippen LogP contribution is -2.28. The lowest BCUT2D eigenvalue weighted by molar-refractivity contribution is 0.0917. The molecule has 0 amide bonds. The van der Waals surface area contributed by atoms with Crippen molar-refractivity contribution in [1.82, 2.24) is 0 Å². The van der Waals surface area contributed by atoms with Gasteiger partial charge in [0.15, 0.2) is 0 Å². The van der Waals surface area contributed by atoms with E-state index in [1.807, 2.05) is 0 Å². The van der Waals surface area contributed by atoms with Crippen LogP contribution in [0.4, 0.5) is 0 Å². The zero-order valence-electron chi connectivity index (χ0n) is 10.2. The van der Waals surface area contributed by atoms with Crippen molar-refractivity contribution < 1.29 is 5.11 Å². The molecule has 0 fully saturated rings. The summed E-state index contributed by atoms with van der Waals surface area (Å²) >= 11 is 0. The van der Waals surface area contributed by atoms with Crippen molar-refractivity contribution >= 4 is 0 Å². The quantitative estimate of drug-likeness (QED) is 0.670. The molecule has 0 heterocycles. The van der Waals surface area contributed by atoms with Crippen LogP contribution < -0.4 is 0 Å². The smallest absolute Gasteiger partial charge is 0.0801 e. The molecule has 0 aromatic rings. The van der Waals surface area contributed by atoms with Gasteiger partial charge in [0.1, 0.15) is 0 Å². The summed E-state index contributed by atoms with van der Waals surface area (Å²) in [5, 5.41) is 10.2. The minimum absolute atomic E-state index is 0.0141. The van der Waals surface area contributed by atoms with Gasteiger partial charge in [-0.3, -0.25) is 0 Å². The van der Waals surface area contributed by atoms with E-state index >= 15 is 0 Å². The van der Waals surface area contributed by atoms with E-state index in [4.69, 9.17) is 0 Å². The minimum Gasteiger partial charge on any atom is -0.388 e. The molecule has 0 bridgehead atoms. The Bertz CT molecular complexity index is 230. The van der Waals surface area contributed by atoms with Crippen molar-refractivity contribution in [3.05, 3.63) is 11.1 Å². The molecule has 0 aromatic carbocycles. The maximum Gasteiger partial charge on any atom is 0.0801 e. The molecule has 1 aliphatic rings. The van der Waals surface area contributed by atoms with Gasteiger partial charge in [-0.2, -0.15) is 0 Å². The predicted molar refractivity (Wildman–Crippen MR) is 61.2 cm³/mol. The highest BCUT2D eigenvalue weighted by molar-refractivity contribution is 5.25. The van der Waals surface area contributed by atoms with Crippen molar-refractivity contribution in [3.63, 3.8) is 0 Å². The molecule has 0 aliphatic heterocycles. The molecule has 0 spiro atoms. The minimum atomic E-state index is -0.248. The van der Waals surface area contributed by atoms with E-state index in [-0.39, 0.29) is 11.5 Å². The van der Waals surface area contributed by atoms with Crippen LogP contribution in [0, 0.1) is 11.3 Å². The molecule has 1 unspecified atom stereocenters. The maximum absolute atomic E-state index is 10.2. The summed E-state index contributed by atoms with van der Waals surface area (Å²) in [6.07, 6.45) is 3.28. The third-order valence-electron chi connectivity index (χ3n) is 3.15. The van der Waals surface area contributed by atoms with Crippen LogP contribution >= 0.6 is 0 Å². The third-order valence-corrected chi connectivity index (χ3v) is 3.15. The fourth-order valence-corrected chi connectivity index (χ4v) is 2.28. The Morgan fingerprint density at radius 2 is 1.57 bits per heavy atom. The number of hydrogen-bond donors (Lipinski definition) is 1. The summed E-state index contributed by atoms with van der Waals surface area (Å²) in [6.45, 7) is 10.8. The molecule has 82 valence electrons. The summed E-state index contributed by atoms with van der Waals surface area (Å²) < 4.78 is 0. The Labute approximate surface area is 88.2 Å². The summed E-state index contributed by atoms with van der Waals surface area (Å²) in [5.41, 5.74) is 2.82. The summed E-state index contributed by atoms with van der Waals surface area (Å²) in [6, 6.07) is 0. The number of hydrogen-bond acceptors (Lipinski definition) is 1. The van der Waals surface area contributed by atoms with E-state index < -0.39 is 0 Å². The lowest BCUT2D eigenvalue weighted by atomic mass is 9.82. The Morgan fingerprint density at radius 3 is 2.00 bits per heavy atom. The highest BCUT2D eigenvalue weighted by atomic mass is 16.3. The van der Waals surface area contributed by atoms with Crippen LogP contribution in [-0.2, 0) is 0 Å². The summed E-state index contributed by atoms with van der Waals surface area (Å²) in [7, 11) is 0. The second-order valence-corrected chi connectivity index (χ2v) is 5.83. The molecule has 0 saturated heterocycles. The predicted octanol–water partition coefficient (Wildman–Crippen LogP) is 3.53. The van der Waals surface area contributed by atoms with Crippen molar-refractivity contribution in [2.45, 2.75) is 60.0 Å². The van der Waals surface area contributed by atoms with E-state index in [1.54, 1.807) is 0 Å². The first-order valence-corrected chi connectivity index (χ1v) is 5.74. The van der Waals surface area contributed by atoms with Gasteiger partial charge in [0.2, 0.25) is 0 Å². The van der Waals surface area contributed by atoms with Gasteiger partial charge in [0.25, 0.3) is 0 Å². The molecule has 1 heteroatoms. The van der Waals surface area contributed by atoms with Crippen molar-refractivity contribution in [3.8, 4) is 0 Å². The molecule has 1 nitrogen and oxygen atoms in total. The monoisotopic (exact) mass is 196 g/mol. The van der Waals surface area contributed by atoms with Crippen LogP contribution in [0.5, 0.6) is 0 Å². The van der Waals surface area contributed by atoms with E-state index in [9.17, 15) is 5.11 Å². The van der Waals surface area contributed by atoms with Crippen LogP contribution in [0.3, 0.4) is 0 Å². The molecule has 0 radical (unpaired) electrons. The number of allylic oxidation sites excluding steroid dienone is 1. The Balaban J connectivity index is 2.90. The molecule has 1 atom stereocenters. The molecular formula is C13H24O. The van der Waals surface area contributed by atoms with Gasteiger partial charge in [-0.1, -0.05) is 40.2 Å². The summed E-state index contributed by atoms with van der Waals surface area (Å²) in [5.74, 6) is 0.601. The highest BCUT2D eigenvalue weighted by Crippen LogP contribution is 2.38. The van der Waals surface area contributed by atoms with Gasteiger partial charge in [0.05, 0.1) is 6.10 Å². The fraction of sp³-hybridized carbons (Fsp3) is 0.846. The number of aliphatic hydroxyl groups excluding tert-OH is 1. The van der Waals surface area contributed by atoms with Gasteiger partial charge in [0, 0.05) is 0 Å². The van der Waals surface area contributed by atoms with E-state index in [0.717, 1.165) is 6.42 Å². The number of aliphatic hydroxyl groups is 1. The molecule has 1 aliphatic carbocycles. The van der Waals surface area contributed by atoms with Gasteiger partial charge >= 0.3 is 0 Å². The molecule has 0 aromatic heterocycles.